The van der Waals surface area contributed by atoms with Crippen molar-refractivity contribution in [2.75, 3.05) is 20.2 Å². The molecule has 0 aliphatic rings. The Morgan fingerprint density at radius 1 is 1.04 bits per heavy atom. The van der Waals surface area contributed by atoms with E-state index in [0.717, 1.165) is 27.3 Å². The number of carbonyl (C=O) groups is 1. The first kappa shape index (κ1) is 19.1. The second kappa shape index (κ2) is 8.35. The van der Waals surface area contributed by atoms with Crippen molar-refractivity contribution in [2.45, 2.75) is 13.8 Å². The van der Waals surface area contributed by atoms with Crippen molar-refractivity contribution in [1.82, 2.24) is 4.90 Å². The van der Waals surface area contributed by atoms with Crippen LogP contribution in [0.2, 0.25) is 0 Å². The number of halogens is 1. The van der Waals surface area contributed by atoms with Crippen molar-refractivity contribution < 1.29 is 13.9 Å². The van der Waals surface area contributed by atoms with Crippen LogP contribution < -0.4 is 4.74 Å². The molecule has 140 valence electrons. The number of likely N-dealkylation sites (N-methyl/N-ethyl adjacent to an activating group) is 1. The fourth-order valence-electron chi connectivity index (χ4n) is 2.83. The van der Waals surface area contributed by atoms with E-state index in [1.54, 1.807) is 24.1 Å². The van der Waals surface area contributed by atoms with Gasteiger partial charge in [0.2, 0.25) is 0 Å². The van der Waals surface area contributed by atoms with Gasteiger partial charge in [-0.15, -0.1) is 11.3 Å². The minimum Gasteiger partial charge on any atom is -0.492 e. The Balaban J connectivity index is 1.58. The van der Waals surface area contributed by atoms with Crippen molar-refractivity contribution in [3.05, 3.63) is 76.4 Å². The molecule has 0 spiro atoms. The lowest BCUT2D eigenvalue weighted by Crippen LogP contribution is -2.30. The van der Waals surface area contributed by atoms with Crippen molar-refractivity contribution in [3.8, 4) is 16.2 Å². The third-order valence-electron chi connectivity index (χ3n) is 4.18. The Morgan fingerprint density at radius 2 is 1.70 bits per heavy atom. The highest BCUT2D eigenvalue weighted by Crippen LogP contribution is 2.28. The van der Waals surface area contributed by atoms with Gasteiger partial charge in [0.15, 0.2) is 0 Å². The number of carbonyl (C=O) groups excluding carboxylic acids is 1. The van der Waals surface area contributed by atoms with Gasteiger partial charge in [-0.2, -0.15) is 0 Å². The summed E-state index contributed by atoms with van der Waals surface area (Å²) >= 11 is 1.41. The van der Waals surface area contributed by atoms with Gasteiger partial charge in [0.05, 0.1) is 11.4 Å². The summed E-state index contributed by atoms with van der Waals surface area (Å²) in [6.45, 7) is 4.99. The summed E-state index contributed by atoms with van der Waals surface area (Å²) in [6, 6.07) is 16.1. The van der Waals surface area contributed by atoms with Crippen LogP contribution in [0.4, 0.5) is 4.39 Å². The maximum absolute atomic E-state index is 13.1. The zero-order valence-electron chi connectivity index (χ0n) is 15.7. The van der Waals surface area contributed by atoms with Gasteiger partial charge in [-0.25, -0.2) is 4.39 Å². The molecule has 3 aromatic rings. The van der Waals surface area contributed by atoms with Crippen LogP contribution in [0.3, 0.4) is 0 Å². The van der Waals surface area contributed by atoms with Gasteiger partial charge in [0.25, 0.3) is 5.91 Å². The molecule has 27 heavy (non-hydrogen) atoms. The van der Waals surface area contributed by atoms with E-state index in [0.29, 0.717) is 18.0 Å². The molecule has 0 bridgehead atoms. The van der Waals surface area contributed by atoms with Crippen molar-refractivity contribution in [1.29, 1.82) is 0 Å². The zero-order chi connectivity index (χ0) is 19.4. The quantitative estimate of drug-likeness (QED) is 0.576. The minimum atomic E-state index is -0.268. The fraction of sp³-hybridized carbons (Fsp3) is 0.227. The van der Waals surface area contributed by atoms with E-state index in [1.807, 2.05) is 38.1 Å². The highest BCUT2D eigenvalue weighted by atomic mass is 32.1. The Morgan fingerprint density at radius 3 is 2.37 bits per heavy atom. The van der Waals surface area contributed by atoms with Crippen LogP contribution in [0.25, 0.3) is 10.4 Å². The first-order valence-corrected chi connectivity index (χ1v) is 9.56. The van der Waals surface area contributed by atoms with Crippen molar-refractivity contribution in [2.24, 2.45) is 0 Å². The van der Waals surface area contributed by atoms with Gasteiger partial charge in [-0.05, 0) is 66.9 Å². The Kier molecular flexibility index (Phi) is 5.91. The number of hydrogen-bond donors (Lipinski definition) is 0. The highest BCUT2D eigenvalue weighted by molar-refractivity contribution is 7.17. The second-order valence-corrected chi connectivity index (χ2v) is 7.65. The first-order valence-electron chi connectivity index (χ1n) is 8.75. The van der Waals surface area contributed by atoms with Crippen molar-refractivity contribution in [3.63, 3.8) is 0 Å². The van der Waals surface area contributed by atoms with E-state index < -0.39 is 0 Å². The summed E-state index contributed by atoms with van der Waals surface area (Å²) in [7, 11) is 1.77. The molecule has 1 heterocycles. The Bertz CT molecular complexity index is 913. The van der Waals surface area contributed by atoms with Gasteiger partial charge in [0.1, 0.15) is 18.2 Å². The molecule has 0 N–H and O–H groups in total. The molecule has 0 radical (unpaired) electrons. The van der Waals surface area contributed by atoms with E-state index in [9.17, 15) is 9.18 Å². The van der Waals surface area contributed by atoms with Crippen molar-refractivity contribution >= 4 is 17.2 Å². The van der Waals surface area contributed by atoms with Gasteiger partial charge in [-0.1, -0.05) is 18.2 Å². The molecule has 0 aliphatic carbocycles. The molecular formula is C22H22FNO2S. The van der Waals surface area contributed by atoms with E-state index in [-0.39, 0.29) is 11.7 Å². The Labute approximate surface area is 163 Å². The lowest BCUT2D eigenvalue weighted by Gasteiger charge is -2.17. The fourth-order valence-corrected chi connectivity index (χ4v) is 3.83. The topological polar surface area (TPSA) is 29.5 Å². The van der Waals surface area contributed by atoms with E-state index in [1.165, 1.54) is 23.5 Å². The van der Waals surface area contributed by atoms with Gasteiger partial charge < -0.3 is 9.64 Å². The lowest BCUT2D eigenvalue weighted by molar-refractivity contribution is 0.0778. The lowest BCUT2D eigenvalue weighted by atomic mass is 10.1. The van der Waals surface area contributed by atoms with E-state index >= 15 is 0 Å². The van der Waals surface area contributed by atoms with Crippen LogP contribution in [0.1, 0.15) is 20.8 Å². The summed E-state index contributed by atoms with van der Waals surface area (Å²) in [5.74, 6) is 0.510. The number of benzene rings is 2. The smallest absolute Gasteiger partial charge is 0.263 e. The third kappa shape index (κ3) is 4.95. The summed E-state index contributed by atoms with van der Waals surface area (Å²) in [6.07, 6.45) is 0. The molecule has 0 saturated heterocycles. The average molecular weight is 383 g/mol. The normalized spacial score (nSPS) is 10.7. The minimum absolute atomic E-state index is 0.0441. The van der Waals surface area contributed by atoms with Crippen LogP contribution in [-0.4, -0.2) is 31.0 Å². The predicted octanol–water partition coefficient (Wildman–Crippen LogP) is 5.32. The van der Waals surface area contributed by atoms with Gasteiger partial charge in [-0.3, -0.25) is 4.79 Å². The predicted molar refractivity (Wildman–Crippen MR) is 108 cm³/mol. The largest absolute Gasteiger partial charge is 0.492 e. The summed E-state index contributed by atoms with van der Waals surface area (Å²) in [5.41, 5.74) is 3.21. The number of aryl methyl sites for hydroxylation is 2. The van der Waals surface area contributed by atoms with Gasteiger partial charge >= 0.3 is 0 Å². The van der Waals surface area contributed by atoms with Crippen LogP contribution in [0.15, 0.2) is 54.6 Å². The summed E-state index contributed by atoms with van der Waals surface area (Å²) in [4.78, 5) is 15.9. The van der Waals surface area contributed by atoms with Crippen LogP contribution in [-0.2, 0) is 0 Å². The number of amides is 1. The molecule has 3 rings (SSSR count). The number of rotatable bonds is 6. The van der Waals surface area contributed by atoms with Gasteiger partial charge in [0, 0.05) is 11.9 Å². The second-order valence-electron chi connectivity index (χ2n) is 6.57. The summed E-state index contributed by atoms with van der Waals surface area (Å²) < 4.78 is 18.8. The number of ether oxygens (including phenoxy) is 1. The Hall–Kier alpha value is -2.66. The third-order valence-corrected chi connectivity index (χ3v) is 5.31. The maximum Gasteiger partial charge on any atom is 0.263 e. The molecule has 0 unspecified atom stereocenters. The average Bonchev–Trinajstić information content (AvgIpc) is 3.11. The van der Waals surface area contributed by atoms with E-state index in [2.05, 4.69) is 6.07 Å². The summed E-state index contributed by atoms with van der Waals surface area (Å²) in [5, 5.41) is 0. The first-order chi connectivity index (χ1) is 12.9. The molecule has 1 amide bonds. The number of hydrogen-bond acceptors (Lipinski definition) is 3. The molecule has 0 aliphatic heterocycles. The molecule has 2 aromatic carbocycles. The SMILES string of the molecule is Cc1cc(C)cc(OCCN(C)C(=O)c2ccc(-c3ccc(F)cc3)s2)c1. The number of thiophene rings is 1. The molecule has 1 aromatic heterocycles. The molecule has 5 heteroatoms. The molecule has 0 fully saturated rings. The molecule has 0 saturated carbocycles. The van der Waals surface area contributed by atoms with E-state index in [4.69, 9.17) is 4.74 Å². The molecule has 0 atom stereocenters. The monoisotopic (exact) mass is 383 g/mol. The highest BCUT2D eigenvalue weighted by Gasteiger charge is 2.15. The standard InChI is InChI=1S/C22H22FNO2S/c1-15-12-16(2)14-19(13-15)26-11-10-24(3)22(25)21-9-8-20(27-21)17-4-6-18(23)7-5-17/h4-9,12-14H,10-11H2,1-3H3. The molecule has 3 nitrogen and oxygen atoms in total. The van der Waals surface area contributed by atoms with Crippen LogP contribution >= 0.6 is 11.3 Å². The number of nitrogens with zero attached hydrogens (tertiary/aromatic N) is 1. The van der Waals surface area contributed by atoms with Crippen LogP contribution in [0.5, 0.6) is 5.75 Å². The maximum atomic E-state index is 13.1. The van der Waals surface area contributed by atoms with Crippen LogP contribution in [0, 0.1) is 19.7 Å². The molecular weight excluding hydrogens is 361 g/mol. The zero-order valence-corrected chi connectivity index (χ0v) is 16.5.